The third-order valence-electron chi connectivity index (χ3n) is 2.57. The fourth-order valence-corrected chi connectivity index (χ4v) is 1.98. The molecule has 72 valence electrons. The Morgan fingerprint density at radius 3 is 2.67 bits per heavy atom. The first-order valence-electron chi connectivity index (χ1n) is 5.05. The summed E-state index contributed by atoms with van der Waals surface area (Å²) < 4.78 is 5.63. The molecule has 0 aromatic carbocycles. The van der Waals surface area contributed by atoms with E-state index in [1.807, 2.05) is 0 Å². The second-order valence-electron chi connectivity index (χ2n) is 4.18. The lowest BCUT2D eigenvalue weighted by atomic mass is 9.91. The molecule has 0 aliphatic carbocycles. The second-order valence-corrected chi connectivity index (χ2v) is 4.18. The molecule has 0 aromatic heterocycles. The minimum absolute atomic E-state index is 0.456. The molecule has 2 unspecified atom stereocenters. The maximum Gasteiger partial charge on any atom is 0.0616 e. The average Bonchev–Trinajstić information content (AvgIpc) is 2.51. The predicted molar refractivity (Wildman–Crippen MR) is 51.0 cm³/mol. The van der Waals surface area contributed by atoms with Crippen molar-refractivity contribution in [3.05, 3.63) is 0 Å². The minimum Gasteiger partial charge on any atom is -0.378 e. The Hall–Kier alpha value is -0.0800. The van der Waals surface area contributed by atoms with Gasteiger partial charge in [-0.1, -0.05) is 13.8 Å². The predicted octanol–water partition coefficient (Wildman–Crippen LogP) is 1.79. The Morgan fingerprint density at radius 1 is 1.50 bits per heavy atom. The molecule has 0 spiro atoms. The molecule has 1 rings (SSSR count). The van der Waals surface area contributed by atoms with Crippen LogP contribution in [0.3, 0.4) is 0 Å². The lowest BCUT2D eigenvalue weighted by Crippen LogP contribution is -2.28. The first-order chi connectivity index (χ1) is 5.74. The maximum atomic E-state index is 5.72. The van der Waals surface area contributed by atoms with Crippen LogP contribution in [0.4, 0.5) is 0 Å². The van der Waals surface area contributed by atoms with Crippen molar-refractivity contribution in [1.29, 1.82) is 0 Å². The van der Waals surface area contributed by atoms with Crippen LogP contribution < -0.4 is 5.73 Å². The van der Waals surface area contributed by atoms with Crippen LogP contribution in [0.15, 0.2) is 0 Å². The zero-order valence-corrected chi connectivity index (χ0v) is 8.25. The summed E-state index contributed by atoms with van der Waals surface area (Å²) in [5, 5.41) is 0. The molecular formula is C10H21NO. The Labute approximate surface area is 75.5 Å². The summed E-state index contributed by atoms with van der Waals surface area (Å²) in [6.07, 6.45) is 4.10. The van der Waals surface area contributed by atoms with Crippen LogP contribution in [0, 0.1) is 11.8 Å². The molecule has 1 fully saturated rings. The van der Waals surface area contributed by atoms with Crippen molar-refractivity contribution in [1.82, 2.24) is 0 Å². The van der Waals surface area contributed by atoms with Gasteiger partial charge in [-0.2, -0.15) is 0 Å². The van der Waals surface area contributed by atoms with Crippen molar-refractivity contribution < 1.29 is 4.74 Å². The maximum absolute atomic E-state index is 5.72. The van der Waals surface area contributed by atoms with E-state index in [-0.39, 0.29) is 0 Å². The van der Waals surface area contributed by atoms with Gasteiger partial charge in [-0.15, -0.1) is 0 Å². The second kappa shape index (κ2) is 4.83. The molecule has 0 saturated carbocycles. The van der Waals surface area contributed by atoms with Crippen LogP contribution in [-0.2, 0) is 4.74 Å². The van der Waals surface area contributed by atoms with Crippen LogP contribution >= 0.6 is 0 Å². The zero-order valence-electron chi connectivity index (χ0n) is 8.25. The molecule has 2 heteroatoms. The largest absolute Gasteiger partial charge is 0.378 e. The highest BCUT2D eigenvalue weighted by molar-refractivity contribution is 4.76. The fourth-order valence-electron chi connectivity index (χ4n) is 1.98. The SMILES string of the molecule is CC(C)CC(CN)C1CCCO1. The molecule has 12 heavy (non-hydrogen) atoms. The Kier molecular flexibility index (Phi) is 4.02. The molecule has 0 amide bonds. The summed E-state index contributed by atoms with van der Waals surface area (Å²) in [4.78, 5) is 0. The summed E-state index contributed by atoms with van der Waals surface area (Å²) in [7, 11) is 0. The zero-order chi connectivity index (χ0) is 8.97. The van der Waals surface area contributed by atoms with Gasteiger partial charge in [0.2, 0.25) is 0 Å². The molecule has 1 saturated heterocycles. The molecule has 2 atom stereocenters. The quantitative estimate of drug-likeness (QED) is 0.700. The topological polar surface area (TPSA) is 35.2 Å². The summed E-state index contributed by atoms with van der Waals surface area (Å²) in [6, 6.07) is 0. The number of nitrogens with two attached hydrogens (primary N) is 1. The van der Waals surface area contributed by atoms with Crippen LogP contribution in [0.5, 0.6) is 0 Å². The third-order valence-corrected chi connectivity index (χ3v) is 2.57. The van der Waals surface area contributed by atoms with Crippen molar-refractivity contribution >= 4 is 0 Å². The van der Waals surface area contributed by atoms with Crippen molar-refractivity contribution in [2.75, 3.05) is 13.2 Å². The Bertz CT molecular complexity index is 119. The highest BCUT2D eigenvalue weighted by atomic mass is 16.5. The van der Waals surface area contributed by atoms with Gasteiger partial charge in [0.15, 0.2) is 0 Å². The third kappa shape index (κ3) is 2.76. The standard InChI is InChI=1S/C10H21NO/c1-8(2)6-9(7-11)10-4-3-5-12-10/h8-10H,3-7,11H2,1-2H3. The van der Waals surface area contributed by atoms with Gasteiger partial charge in [0, 0.05) is 6.61 Å². The molecule has 2 N–H and O–H groups in total. The molecule has 2 nitrogen and oxygen atoms in total. The van der Waals surface area contributed by atoms with Gasteiger partial charge in [0.25, 0.3) is 0 Å². The first kappa shape index (κ1) is 10.0. The van der Waals surface area contributed by atoms with Gasteiger partial charge >= 0.3 is 0 Å². The summed E-state index contributed by atoms with van der Waals surface area (Å²) in [5.74, 6) is 1.33. The van der Waals surface area contributed by atoms with Crippen LogP contribution in [0.1, 0.15) is 33.1 Å². The van der Waals surface area contributed by atoms with Crippen molar-refractivity contribution in [2.45, 2.75) is 39.2 Å². The number of hydrogen-bond acceptors (Lipinski definition) is 2. The lowest BCUT2D eigenvalue weighted by molar-refractivity contribution is 0.0578. The molecule has 0 radical (unpaired) electrons. The van der Waals surface area contributed by atoms with Gasteiger partial charge in [-0.25, -0.2) is 0 Å². The normalized spacial score (nSPS) is 26.5. The fraction of sp³-hybridized carbons (Fsp3) is 1.00. The van der Waals surface area contributed by atoms with E-state index in [1.54, 1.807) is 0 Å². The van der Waals surface area contributed by atoms with Crippen molar-refractivity contribution in [3.8, 4) is 0 Å². The first-order valence-corrected chi connectivity index (χ1v) is 5.05. The van der Waals surface area contributed by atoms with E-state index >= 15 is 0 Å². The summed E-state index contributed by atoms with van der Waals surface area (Å²) >= 11 is 0. The molecule has 1 aliphatic rings. The highest BCUT2D eigenvalue weighted by Crippen LogP contribution is 2.24. The van der Waals surface area contributed by atoms with E-state index in [0.29, 0.717) is 12.0 Å². The molecule has 0 aromatic rings. The monoisotopic (exact) mass is 171 g/mol. The van der Waals surface area contributed by atoms with Gasteiger partial charge in [0.1, 0.15) is 0 Å². The van der Waals surface area contributed by atoms with Crippen molar-refractivity contribution in [3.63, 3.8) is 0 Å². The summed E-state index contributed by atoms with van der Waals surface area (Å²) in [5.41, 5.74) is 5.72. The smallest absolute Gasteiger partial charge is 0.0616 e. The molecular weight excluding hydrogens is 150 g/mol. The van der Waals surface area contributed by atoms with Gasteiger partial charge in [0.05, 0.1) is 6.10 Å². The molecule has 1 aliphatic heterocycles. The van der Waals surface area contributed by atoms with Gasteiger partial charge in [-0.05, 0) is 37.6 Å². The highest BCUT2D eigenvalue weighted by Gasteiger charge is 2.25. The van der Waals surface area contributed by atoms with Crippen LogP contribution in [-0.4, -0.2) is 19.3 Å². The van der Waals surface area contributed by atoms with Gasteiger partial charge < -0.3 is 10.5 Å². The average molecular weight is 171 g/mol. The van der Waals surface area contributed by atoms with E-state index in [2.05, 4.69) is 13.8 Å². The molecule has 1 heterocycles. The van der Waals surface area contributed by atoms with Gasteiger partial charge in [-0.3, -0.25) is 0 Å². The van der Waals surface area contributed by atoms with Crippen LogP contribution in [0.25, 0.3) is 0 Å². The Morgan fingerprint density at radius 2 is 2.25 bits per heavy atom. The number of hydrogen-bond donors (Lipinski definition) is 1. The molecule has 0 bridgehead atoms. The van der Waals surface area contributed by atoms with E-state index in [1.165, 1.54) is 19.3 Å². The van der Waals surface area contributed by atoms with E-state index < -0.39 is 0 Å². The van der Waals surface area contributed by atoms with Crippen LogP contribution in [0.2, 0.25) is 0 Å². The van der Waals surface area contributed by atoms with E-state index in [0.717, 1.165) is 19.1 Å². The lowest BCUT2D eigenvalue weighted by Gasteiger charge is -2.22. The van der Waals surface area contributed by atoms with E-state index in [4.69, 9.17) is 10.5 Å². The number of rotatable bonds is 4. The summed E-state index contributed by atoms with van der Waals surface area (Å²) in [6.45, 7) is 6.22. The van der Waals surface area contributed by atoms with Crippen molar-refractivity contribution in [2.24, 2.45) is 17.6 Å². The number of ether oxygens (including phenoxy) is 1. The Balaban J connectivity index is 2.32. The van der Waals surface area contributed by atoms with E-state index in [9.17, 15) is 0 Å². The minimum atomic E-state index is 0.456.